The third-order valence-electron chi connectivity index (χ3n) is 3.86. The van der Waals surface area contributed by atoms with E-state index in [0.717, 1.165) is 12.2 Å². The van der Waals surface area contributed by atoms with Crippen molar-refractivity contribution in [2.24, 2.45) is 11.3 Å². The van der Waals surface area contributed by atoms with Gasteiger partial charge in [-0.15, -0.1) is 0 Å². The molecule has 0 heterocycles. The minimum atomic E-state index is -3.43. The molecule has 1 aromatic carbocycles. The predicted octanol–water partition coefficient (Wildman–Crippen LogP) is 1.63. The number of hydrogen-bond donors (Lipinski definition) is 3. The van der Waals surface area contributed by atoms with Gasteiger partial charge in [-0.3, -0.25) is 0 Å². The van der Waals surface area contributed by atoms with E-state index in [0.29, 0.717) is 17.0 Å². The standard InChI is InChI=1S/C13H21N3O2S/c1-13(2)7-9(13)8-16-12-5-4-10(6-11(12)14)19(17,18)15-3/h4-6,9,15-16H,7-8,14H2,1-3H3. The smallest absolute Gasteiger partial charge is 0.240 e. The molecule has 6 heteroatoms. The van der Waals surface area contributed by atoms with Gasteiger partial charge in [-0.25, -0.2) is 13.1 Å². The SMILES string of the molecule is CNS(=O)(=O)c1ccc(NCC2CC2(C)C)c(N)c1. The summed E-state index contributed by atoms with van der Waals surface area (Å²) in [5, 5.41) is 3.29. The molecule has 0 radical (unpaired) electrons. The molecule has 106 valence electrons. The van der Waals surface area contributed by atoms with Crippen LogP contribution in [0, 0.1) is 11.3 Å². The summed E-state index contributed by atoms with van der Waals surface area (Å²) in [5.41, 5.74) is 7.55. The van der Waals surface area contributed by atoms with Gasteiger partial charge in [-0.2, -0.15) is 0 Å². The fourth-order valence-corrected chi connectivity index (χ4v) is 2.91. The van der Waals surface area contributed by atoms with E-state index in [4.69, 9.17) is 5.73 Å². The Labute approximate surface area is 114 Å². The maximum Gasteiger partial charge on any atom is 0.240 e. The Hall–Kier alpha value is -1.27. The third-order valence-corrected chi connectivity index (χ3v) is 5.27. The molecule has 1 aromatic rings. The van der Waals surface area contributed by atoms with Crippen LogP contribution in [0.3, 0.4) is 0 Å². The number of nitrogens with two attached hydrogens (primary N) is 1. The Morgan fingerprint density at radius 2 is 2.05 bits per heavy atom. The lowest BCUT2D eigenvalue weighted by Crippen LogP contribution is -2.19. The van der Waals surface area contributed by atoms with Gasteiger partial charge in [-0.1, -0.05) is 13.8 Å². The number of hydrogen-bond acceptors (Lipinski definition) is 4. The molecule has 0 saturated heterocycles. The van der Waals surface area contributed by atoms with Crippen molar-refractivity contribution in [2.75, 3.05) is 24.6 Å². The number of nitrogens with one attached hydrogen (secondary N) is 2. The molecule has 1 aliphatic carbocycles. The first-order valence-electron chi connectivity index (χ1n) is 6.33. The van der Waals surface area contributed by atoms with E-state index < -0.39 is 10.0 Å². The minimum Gasteiger partial charge on any atom is -0.397 e. The first-order chi connectivity index (χ1) is 8.76. The highest BCUT2D eigenvalue weighted by molar-refractivity contribution is 7.89. The maximum absolute atomic E-state index is 11.6. The van der Waals surface area contributed by atoms with Crippen LogP contribution in [0.15, 0.2) is 23.1 Å². The molecule has 19 heavy (non-hydrogen) atoms. The summed E-state index contributed by atoms with van der Waals surface area (Å²) >= 11 is 0. The normalized spacial score (nSPS) is 21.1. The molecular formula is C13H21N3O2S. The number of nitrogen functional groups attached to an aromatic ring is 1. The van der Waals surface area contributed by atoms with E-state index >= 15 is 0 Å². The Morgan fingerprint density at radius 3 is 2.53 bits per heavy atom. The van der Waals surface area contributed by atoms with Gasteiger partial charge in [0, 0.05) is 6.54 Å². The molecule has 2 rings (SSSR count). The van der Waals surface area contributed by atoms with Gasteiger partial charge in [0.1, 0.15) is 0 Å². The monoisotopic (exact) mass is 283 g/mol. The zero-order valence-corrected chi connectivity index (χ0v) is 12.3. The molecule has 0 aromatic heterocycles. The topological polar surface area (TPSA) is 84.2 Å². The lowest BCUT2D eigenvalue weighted by Gasteiger charge is -2.11. The lowest BCUT2D eigenvalue weighted by molar-refractivity contribution is 0.573. The molecule has 1 fully saturated rings. The second-order valence-electron chi connectivity index (χ2n) is 5.73. The Morgan fingerprint density at radius 1 is 1.42 bits per heavy atom. The molecule has 5 nitrogen and oxygen atoms in total. The molecule has 0 aliphatic heterocycles. The second-order valence-corrected chi connectivity index (χ2v) is 7.61. The van der Waals surface area contributed by atoms with Gasteiger partial charge in [0.15, 0.2) is 0 Å². The molecule has 4 N–H and O–H groups in total. The summed E-state index contributed by atoms with van der Waals surface area (Å²) in [5.74, 6) is 0.660. The van der Waals surface area contributed by atoms with Gasteiger partial charge >= 0.3 is 0 Å². The van der Waals surface area contributed by atoms with Gasteiger partial charge in [0.05, 0.1) is 16.3 Å². The van der Waals surface area contributed by atoms with Crippen molar-refractivity contribution >= 4 is 21.4 Å². The van der Waals surface area contributed by atoms with Crippen LogP contribution >= 0.6 is 0 Å². The van der Waals surface area contributed by atoms with Crippen molar-refractivity contribution in [3.05, 3.63) is 18.2 Å². The molecule has 1 unspecified atom stereocenters. The van der Waals surface area contributed by atoms with Gasteiger partial charge < -0.3 is 11.1 Å². The quantitative estimate of drug-likeness (QED) is 0.717. The molecule has 0 spiro atoms. The molecule has 1 aliphatic rings. The molecule has 1 saturated carbocycles. The van der Waals surface area contributed by atoms with Gasteiger partial charge in [0.25, 0.3) is 0 Å². The summed E-state index contributed by atoms with van der Waals surface area (Å²) in [7, 11) is -2.05. The van der Waals surface area contributed by atoms with Crippen molar-refractivity contribution in [1.82, 2.24) is 4.72 Å². The minimum absolute atomic E-state index is 0.185. The number of sulfonamides is 1. The third kappa shape index (κ3) is 3.01. The Balaban J connectivity index is 2.08. The highest BCUT2D eigenvalue weighted by Gasteiger charge is 2.44. The van der Waals surface area contributed by atoms with E-state index in [1.807, 2.05) is 0 Å². The summed E-state index contributed by atoms with van der Waals surface area (Å²) in [6.45, 7) is 5.35. The van der Waals surface area contributed by atoms with Crippen LogP contribution in [0.1, 0.15) is 20.3 Å². The first-order valence-corrected chi connectivity index (χ1v) is 7.81. The van der Waals surface area contributed by atoms with Crippen LogP contribution in [0.25, 0.3) is 0 Å². The fraction of sp³-hybridized carbons (Fsp3) is 0.538. The zero-order valence-electron chi connectivity index (χ0n) is 11.5. The Bertz CT molecular complexity index is 582. The summed E-state index contributed by atoms with van der Waals surface area (Å²) in [6, 6.07) is 4.75. The molecule has 1 atom stereocenters. The zero-order chi connectivity index (χ0) is 14.3. The molecular weight excluding hydrogens is 262 g/mol. The van der Waals surface area contributed by atoms with Crippen molar-refractivity contribution in [3.8, 4) is 0 Å². The van der Waals surface area contributed by atoms with Crippen molar-refractivity contribution in [2.45, 2.75) is 25.2 Å². The Kier molecular flexibility index (Phi) is 3.49. The maximum atomic E-state index is 11.6. The van der Waals surface area contributed by atoms with E-state index in [1.165, 1.54) is 19.5 Å². The number of rotatable bonds is 5. The predicted molar refractivity (Wildman–Crippen MR) is 77.5 cm³/mol. The lowest BCUT2D eigenvalue weighted by atomic mass is 10.1. The van der Waals surface area contributed by atoms with E-state index in [1.54, 1.807) is 12.1 Å². The average molecular weight is 283 g/mol. The van der Waals surface area contributed by atoms with Crippen LogP contribution < -0.4 is 15.8 Å². The summed E-state index contributed by atoms with van der Waals surface area (Å²) in [6.07, 6.45) is 1.21. The summed E-state index contributed by atoms with van der Waals surface area (Å²) in [4.78, 5) is 0.185. The molecule has 0 amide bonds. The van der Waals surface area contributed by atoms with Crippen LogP contribution in [0.2, 0.25) is 0 Å². The van der Waals surface area contributed by atoms with Crippen LogP contribution in [0.4, 0.5) is 11.4 Å². The number of benzene rings is 1. The van der Waals surface area contributed by atoms with Crippen LogP contribution in [-0.4, -0.2) is 22.0 Å². The molecule has 0 bridgehead atoms. The van der Waals surface area contributed by atoms with Gasteiger partial charge in [0.2, 0.25) is 10.0 Å². The summed E-state index contributed by atoms with van der Waals surface area (Å²) < 4.78 is 25.5. The number of anilines is 2. The van der Waals surface area contributed by atoms with Crippen molar-refractivity contribution < 1.29 is 8.42 Å². The first kappa shape index (κ1) is 14.1. The second kappa shape index (κ2) is 4.68. The fourth-order valence-electron chi connectivity index (χ4n) is 2.14. The van der Waals surface area contributed by atoms with Crippen LogP contribution in [-0.2, 0) is 10.0 Å². The van der Waals surface area contributed by atoms with E-state index in [9.17, 15) is 8.42 Å². The largest absolute Gasteiger partial charge is 0.397 e. The highest BCUT2D eigenvalue weighted by atomic mass is 32.2. The highest BCUT2D eigenvalue weighted by Crippen LogP contribution is 2.51. The van der Waals surface area contributed by atoms with Crippen LogP contribution in [0.5, 0.6) is 0 Å². The van der Waals surface area contributed by atoms with E-state index in [-0.39, 0.29) is 4.90 Å². The van der Waals surface area contributed by atoms with Crippen molar-refractivity contribution in [3.63, 3.8) is 0 Å². The van der Waals surface area contributed by atoms with Gasteiger partial charge in [-0.05, 0) is 43.0 Å². The average Bonchev–Trinajstić information content (AvgIpc) is 2.95. The van der Waals surface area contributed by atoms with Crippen molar-refractivity contribution in [1.29, 1.82) is 0 Å². The van der Waals surface area contributed by atoms with E-state index in [2.05, 4.69) is 23.9 Å².